The number of halogens is 1. The van der Waals surface area contributed by atoms with Crippen LogP contribution < -0.4 is 15.4 Å². The molecule has 0 bridgehead atoms. The molecule has 0 spiro atoms. The number of nitrogens with one attached hydrogen (secondary N) is 2. The fourth-order valence-electron chi connectivity index (χ4n) is 1.83. The minimum atomic E-state index is 0. The molecule has 1 rings (SSSR count). The van der Waals surface area contributed by atoms with E-state index in [1.165, 1.54) is 0 Å². The average molecular weight is 451 g/mol. The van der Waals surface area contributed by atoms with Gasteiger partial charge in [0, 0.05) is 33.9 Å². The van der Waals surface area contributed by atoms with Crippen molar-refractivity contribution in [3.05, 3.63) is 30.3 Å². The molecule has 0 radical (unpaired) electrons. The number of para-hydroxylation sites is 1. The summed E-state index contributed by atoms with van der Waals surface area (Å²) >= 11 is 0. The van der Waals surface area contributed by atoms with Crippen LogP contribution in [0.25, 0.3) is 0 Å². The van der Waals surface area contributed by atoms with Crippen LogP contribution in [0.1, 0.15) is 12.8 Å². The molecule has 0 aliphatic heterocycles. The van der Waals surface area contributed by atoms with Crippen molar-refractivity contribution in [3.63, 3.8) is 0 Å². The van der Waals surface area contributed by atoms with E-state index in [1.807, 2.05) is 30.3 Å². The highest BCUT2D eigenvalue weighted by Crippen LogP contribution is 2.07. The highest BCUT2D eigenvalue weighted by molar-refractivity contribution is 14.0. The van der Waals surface area contributed by atoms with Crippen molar-refractivity contribution in [3.8, 4) is 5.75 Å². The van der Waals surface area contributed by atoms with Crippen molar-refractivity contribution >= 4 is 29.9 Å². The summed E-state index contributed by atoms with van der Waals surface area (Å²) < 4.78 is 16.0. The monoisotopic (exact) mass is 451 g/mol. The van der Waals surface area contributed by atoms with E-state index in [9.17, 15) is 0 Å². The molecule has 0 aliphatic rings. The number of ether oxygens (including phenoxy) is 3. The van der Waals surface area contributed by atoms with E-state index in [0.29, 0.717) is 19.8 Å². The lowest BCUT2D eigenvalue weighted by atomic mass is 10.3. The van der Waals surface area contributed by atoms with Gasteiger partial charge in [0.2, 0.25) is 0 Å². The van der Waals surface area contributed by atoms with E-state index in [1.54, 1.807) is 14.2 Å². The minimum Gasteiger partial charge on any atom is -0.494 e. The normalized spacial score (nSPS) is 10.8. The first-order valence-corrected chi connectivity index (χ1v) is 8.06. The number of hydrogen-bond acceptors (Lipinski definition) is 4. The lowest BCUT2D eigenvalue weighted by Gasteiger charge is -2.12. The van der Waals surface area contributed by atoms with Crippen LogP contribution in [0.15, 0.2) is 35.3 Å². The Morgan fingerprint density at radius 1 is 0.958 bits per heavy atom. The molecule has 138 valence electrons. The summed E-state index contributed by atoms with van der Waals surface area (Å²) in [5.41, 5.74) is 0. The van der Waals surface area contributed by atoms with Crippen LogP contribution in [-0.4, -0.2) is 59.6 Å². The van der Waals surface area contributed by atoms with E-state index in [4.69, 9.17) is 14.2 Å². The molecular formula is C17H30IN3O3. The lowest BCUT2D eigenvalue weighted by molar-refractivity contribution is 0.0698. The molecular weight excluding hydrogens is 421 g/mol. The van der Waals surface area contributed by atoms with Crippen molar-refractivity contribution in [2.24, 2.45) is 4.99 Å². The van der Waals surface area contributed by atoms with Gasteiger partial charge in [0.15, 0.2) is 5.96 Å². The fraction of sp³-hybridized carbons (Fsp3) is 0.588. The fourth-order valence-corrected chi connectivity index (χ4v) is 1.83. The Morgan fingerprint density at radius 2 is 1.62 bits per heavy atom. The molecule has 0 amide bonds. The SMILES string of the molecule is CN=C(NCCCOCCOC)NCCCOc1ccccc1.I. The third-order valence-corrected chi connectivity index (χ3v) is 3.04. The van der Waals surface area contributed by atoms with Crippen molar-refractivity contribution in [1.29, 1.82) is 0 Å². The van der Waals surface area contributed by atoms with Crippen LogP contribution in [0.5, 0.6) is 5.75 Å². The number of nitrogens with zero attached hydrogens (tertiary/aromatic N) is 1. The molecule has 1 aromatic rings. The second kappa shape index (κ2) is 16.8. The van der Waals surface area contributed by atoms with Crippen LogP contribution in [0.4, 0.5) is 0 Å². The molecule has 0 saturated heterocycles. The van der Waals surface area contributed by atoms with Crippen molar-refractivity contribution in [2.75, 3.05) is 53.7 Å². The Labute approximate surface area is 162 Å². The third-order valence-electron chi connectivity index (χ3n) is 3.04. The van der Waals surface area contributed by atoms with Crippen molar-refractivity contribution in [1.82, 2.24) is 10.6 Å². The second-order valence-electron chi connectivity index (χ2n) is 4.90. The number of rotatable bonds is 12. The highest BCUT2D eigenvalue weighted by atomic mass is 127. The molecule has 0 saturated carbocycles. The van der Waals surface area contributed by atoms with E-state index >= 15 is 0 Å². The molecule has 7 heteroatoms. The van der Waals surface area contributed by atoms with Crippen molar-refractivity contribution < 1.29 is 14.2 Å². The predicted octanol–water partition coefficient (Wildman–Crippen LogP) is 2.29. The molecule has 1 aromatic carbocycles. The molecule has 0 fully saturated rings. The maximum Gasteiger partial charge on any atom is 0.190 e. The van der Waals surface area contributed by atoms with Gasteiger partial charge in [0.05, 0.1) is 19.8 Å². The Bertz CT molecular complexity index is 419. The van der Waals surface area contributed by atoms with Crippen LogP contribution in [0.3, 0.4) is 0 Å². The molecule has 0 atom stereocenters. The number of aliphatic imine (C=N–C) groups is 1. The standard InChI is InChI=1S/C17H29N3O3.HI/c1-18-17(19-10-6-12-22-15-14-21-2)20-11-7-13-23-16-8-4-3-5-9-16;/h3-5,8-9H,6-7,10-15H2,1-2H3,(H2,18,19,20);1H. The summed E-state index contributed by atoms with van der Waals surface area (Å²) in [5, 5.41) is 6.52. The highest BCUT2D eigenvalue weighted by Gasteiger charge is 1.97. The quantitative estimate of drug-likeness (QED) is 0.221. The summed E-state index contributed by atoms with van der Waals surface area (Å²) in [6, 6.07) is 9.84. The maximum atomic E-state index is 5.64. The molecule has 2 N–H and O–H groups in total. The Morgan fingerprint density at radius 3 is 2.25 bits per heavy atom. The van der Waals surface area contributed by atoms with Crippen LogP contribution in [-0.2, 0) is 9.47 Å². The van der Waals surface area contributed by atoms with E-state index in [0.717, 1.165) is 44.2 Å². The summed E-state index contributed by atoms with van der Waals surface area (Å²) in [7, 11) is 3.44. The van der Waals surface area contributed by atoms with Gasteiger partial charge >= 0.3 is 0 Å². The van der Waals surface area contributed by atoms with Crippen LogP contribution >= 0.6 is 24.0 Å². The topological polar surface area (TPSA) is 64.1 Å². The smallest absolute Gasteiger partial charge is 0.190 e. The van der Waals surface area contributed by atoms with Gasteiger partial charge in [0.25, 0.3) is 0 Å². The Kier molecular flexibility index (Phi) is 16.0. The summed E-state index contributed by atoms with van der Waals surface area (Å²) in [6.07, 6.45) is 1.84. The molecule has 0 heterocycles. The predicted molar refractivity (Wildman–Crippen MR) is 109 cm³/mol. The largest absolute Gasteiger partial charge is 0.494 e. The third kappa shape index (κ3) is 12.4. The van der Waals surface area contributed by atoms with Gasteiger partial charge in [-0.3, -0.25) is 4.99 Å². The van der Waals surface area contributed by atoms with E-state index < -0.39 is 0 Å². The zero-order chi connectivity index (χ0) is 16.6. The molecule has 24 heavy (non-hydrogen) atoms. The summed E-state index contributed by atoms with van der Waals surface area (Å²) in [5.74, 6) is 1.71. The Hall–Kier alpha value is -1.06. The molecule has 6 nitrogen and oxygen atoms in total. The van der Waals surface area contributed by atoms with Crippen LogP contribution in [0, 0.1) is 0 Å². The lowest BCUT2D eigenvalue weighted by Crippen LogP contribution is -2.38. The van der Waals surface area contributed by atoms with E-state index in [2.05, 4.69) is 15.6 Å². The van der Waals surface area contributed by atoms with Crippen LogP contribution in [0.2, 0.25) is 0 Å². The van der Waals surface area contributed by atoms with E-state index in [-0.39, 0.29) is 24.0 Å². The van der Waals surface area contributed by atoms with Crippen molar-refractivity contribution in [2.45, 2.75) is 12.8 Å². The van der Waals surface area contributed by atoms with Gasteiger partial charge in [-0.1, -0.05) is 18.2 Å². The first-order chi connectivity index (χ1) is 11.4. The number of hydrogen-bond donors (Lipinski definition) is 2. The summed E-state index contributed by atoms with van der Waals surface area (Å²) in [6.45, 7) is 4.33. The average Bonchev–Trinajstić information content (AvgIpc) is 2.59. The summed E-state index contributed by atoms with van der Waals surface area (Å²) in [4.78, 5) is 4.18. The molecule has 0 aliphatic carbocycles. The zero-order valence-electron chi connectivity index (χ0n) is 14.6. The number of benzene rings is 1. The second-order valence-corrected chi connectivity index (χ2v) is 4.90. The van der Waals surface area contributed by atoms with Gasteiger partial charge in [-0.2, -0.15) is 0 Å². The maximum absolute atomic E-state index is 5.64. The number of methoxy groups -OCH3 is 1. The van der Waals surface area contributed by atoms with Gasteiger partial charge in [-0.15, -0.1) is 24.0 Å². The zero-order valence-corrected chi connectivity index (χ0v) is 17.0. The first-order valence-electron chi connectivity index (χ1n) is 8.06. The minimum absolute atomic E-state index is 0. The van der Waals surface area contributed by atoms with Gasteiger partial charge in [0.1, 0.15) is 5.75 Å². The van der Waals surface area contributed by atoms with Gasteiger partial charge in [-0.05, 0) is 25.0 Å². The van der Waals surface area contributed by atoms with Gasteiger partial charge < -0.3 is 24.8 Å². The number of guanidine groups is 1. The van der Waals surface area contributed by atoms with Gasteiger partial charge in [-0.25, -0.2) is 0 Å². The first kappa shape index (κ1) is 22.9. The Balaban J connectivity index is 0.00000529. The molecule has 0 aromatic heterocycles. The molecule has 0 unspecified atom stereocenters.